The number of benzene rings is 1. The average Bonchev–Trinajstić information content (AvgIpc) is 3.13. The molecule has 4 nitrogen and oxygen atoms in total. The molecule has 0 fully saturated rings. The highest BCUT2D eigenvalue weighted by Crippen LogP contribution is 2.45. The Morgan fingerprint density at radius 2 is 1.62 bits per heavy atom. The Labute approximate surface area is 127 Å². The van der Waals surface area contributed by atoms with E-state index in [1.54, 1.807) is 23.7 Å². The lowest BCUT2D eigenvalue weighted by molar-refractivity contribution is 0.759. The fraction of sp³-hybridized carbons (Fsp3) is 0.125. The normalized spacial score (nSPS) is 17.1. The zero-order valence-corrected chi connectivity index (χ0v) is 12.4. The van der Waals surface area contributed by atoms with Gasteiger partial charge < -0.3 is 4.90 Å². The SMILES string of the molecule is CC1N(c2ccccc2)c2nccnc2N1c1cccs1. The number of hydrogen-bond acceptors (Lipinski definition) is 5. The van der Waals surface area contributed by atoms with Crippen LogP contribution in [-0.4, -0.2) is 16.1 Å². The third kappa shape index (κ3) is 1.89. The predicted molar refractivity (Wildman–Crippen MR) is 86.5 cm³/mol. The van der Waals surface area contributed by atoms with Crippen molar-refractivity contribution in [3.63, 3.8) is 0 Å². The third-order valence-corrected chi connectivity index (χ3v) is 4.51. The van der Waals surface area contributed by atoms with E-state index in [0.717, 1.165) is 17.3 Å². The topological polar surface area (TPSA) is 32.3 Å². The van der Waals surface area contributed by atoms with Crippen LogP contribution in [0.25, 0.3) is 0 Å². The summed E-state index contributed by atoms with van der Waals surface area (Å²) in [5.74, 6) is 1.82. The fourth-order valence-corrected chi connectivity index (χ4v) is 3.56. The zero-order chi connectivity index (χ0) is 14.2. The monoisotopic (exact) mass is 294 g/mol. The van der Waals surface area contributed by atoms with Gasteiger partial charge in [-0.25, -0.2) is 9.97 Å². The lowest BCUT2D eigenvalue weighted by Crippen LogP contribution is -2.35. The molecule has 0 saturated heterocycles. The second-order valence-electron chi connectivity index (χ2n) is 4.86. The first-order valence-corrected chi connectivity index (χ1v) is 7.72. The van der Waals surface area contributed by atoms with Crippen LogP contribution < -0.4 is 9.80 Å². The van der Waals surface area contributed by atoms with Gasteiger partial charge in [-0.05, 0) is 36.6 Å². The molecule has 0 radical (unpaired) electrons. The van der Waals surface area contributed by atoms with Gasteiger partial charge in [0, 0.05) is 18.1 Å². The van der Waals surface area contributed by atoms with E-state index in [1.807, 2.05) is 18.2 Å². The molecule has 1 atom stereocenters. The van der Waals surface area contributed by atoms with Crippen molar-refractivity contribution in [2.24, 2.45) is 0 Å². The summed E-state index contributed by atoms with van der Waals surface area (Å²) in [5, 5.41) is 3.27. The van der Waals surface area contributed by atoms with Gasteiger partial charge in [0.1, 0.15) is 6.17 Å². The van der Waals surface area contributed by atoms with E-state index in [9.17, 15) is 0 Å². The summed E-state index contributed by atoms with van der Waals surface area (Å²) < 4.78 is 0. The number of para-hydroxylation sites is 1. The standard InChI is InChI=1S/C16H14N4S/c1-12-19(13-6-3-2-4-7-13)15-16(18-10-9-17-15)20(12)14-8-5-11-21-14/h2-12H,1H3. The molecule has 4 rings (SSSR count). The zero-order valence-electron chi connectivity index (χ0n) is 11.5. The van der Waals surface area contributed by atoms with Crippen molar-refractivity contribution in [2.45, 2.75) is 13.1 Å². The van der Waals surface area contributed by atoms with E-state index < -0.39 is 0 Å². The Balaban J connectivity index is 1.87. The molecule has 1 aliphatic rings. The van der Waals surface area contributed by atoms with Crippen LogP contribution in [0, 0.1) is 0 Å². The fourth-order valence-electron chi connectivity index (χ4n) is 2.75. The molecule has 0 bridgehead atoms. The van der Waals surface area contributed by atoms with Crippen molar-refractivity contribution in [1.29, 1.82) is 0 Å². The Hall–Kier alpha value is -2.40. The summed E-state index contributed by atoms with van der Waals surface area (Å²) in [7, 11) is 0. The lowest BCUT2D eigenvalue weighted by Gasteiger charge is -2.28. The maximum atomic E-state index is 4.55. The molecule has 104 valence electrons. The highest BCUT2D eigenvalue weighted by Gasteiger charge is 2.37. The Morgan fingerprint density at radius 3 is 2.29 bits per heavy atom. The molecule has 0 spiro atoms. The summed E-state index contributed by atoms with van der Waals surface area (Å²) in [6, 6.07) is 14.5. The molecule has 0 aliphatic carbocycles. The van der Waals surface area contributed by atoms with Crippen molar-refractivity contribution in [1.82, 2.24) is 9.97 Å². The smallest absolute Gasteiger partial charge is 0.179 e. The van der Waals surface area contributed by atoms with Gasteiger partial charge in [-0.15, -0.1) is 11.3 Å². The van der Waals surface area contributed by atoms with Gasteiger partial charge in [-0.3, -0.25) is 4.90 Å². The van der Waals surface area contributed by atoms with Gasteiger partial charge in [0.25, 0.3) is 0 Å². The second kappa shape index (κ2) is 4.86. The quantitative estimate of drug-likeness (QED) is 0.710. The van der Waals surface area contributed by atoms with E-state index in [0.29, 0.717) is 0 Å². The molecule has 0 saturated carbocycles. The van der Waals surface area contributed by atoms with E-state index in [4.69, 9.17) is 0 Å². The van der Waals surface area contributed by atoms with Crippen LogP contribution in [0.3, 0.4) is 0 Å². The first-order chi connectivity index (χ1) is 10.4. The van der Waals surface area contributed by atoms with Crippen molar-refractivity contribution in [3.05, 3.63) is 60.2 Å². The summed E-state index contributed by atoms with van der Waals surface area (Å²) >= 11 is 1.72. The van der Waals surface area contributed by atoms with E-state index in [-0.39, 0.29) is 6.17 Å². The Kier molecular flexibility index (Phi) is 2.86. The van der Waals surface area contributed by atoms with Crippen molar-refractivity contribution in [2.75, 3.05) is 9.80 Å². The molecule has 2 aromatic heterocycles. The van der Waals surface area contributed by atoms with Gasteiger partial charge in [0.2, 0.25) is 0 Å². The number of anilines is 4. The van der Waals surface area contributed by atoms with Crippen LogP contribution in [0.5, 0.6) is 0 Å². The third-order valence-electron chi connectivity index (χ3n) is 3.64. The predicted octanol–water partition coefficient (Wildman–Crippen LogP) is 4.17. The van der Waals surface area contributed by atoms with E-state index in [2.05, 4.69) is 56.3 Å². The van der Waals surface area contributed by atoms with Crippen LogP contribution in [0.2, 0.25) is 0 Å². The number of thiophene rings is 1. The Bertz CT molecular complexity index is 742. The molecule has 1 aromatic carbocycles. The minimum absolute atomic E-state index is 0.142. The van der Waals surface area contributed by atoms with E-state index >= 15 is 0 Å². The van der Waals surface area contributed by atoms with Crippen LogP contribution in [0.1, 0.15) is 6.92 Å². The van der Waals surface area contributed by atoms with Crippen LogP contribution >= 0.6 is 11.3 Å². The van der Waals surface area contributed by atoms with Crippen molar-refractivity contribution in [3.8, 4) is 0 Å². The summed E-state index contributed by atoms with van der Waals surface area (Å²) in [6.07, 6.45) is 3.64. The first-order valence-electron chi connectivity index (χ1n) is 6.84. The summed E-state index contributed by atoms with van der Waals surface area (Å²) in [4.78, 5) is 13.6. The molecular weight excluding hydrogens is 280 g/mol. The molecule has 21 heavy (non-hydrogen) atoms. The van der Waals surface area contributed by atoms with Crippen LogP contribution in [-0.2, 0) is 0 Å². The maximum absolute atomic E-state index is 4.55. The molecule has 1 aliphatic heterocycles. The highest BCUT2D eigenvalue weighted by atomic mass is 32.1. The van der Waals surface area contributed by atoms with Crippen molar-refractivity contribution < 1.29 is 0 Å². The van der Waals surface area contributed by atoms with Gasteiger partial charge in [0.15, 0.2) is 11.6 Å². The van der Waals surface area contributed by atoms with Gasteiger partial charge in [-0.2, -0.15) is 0 Å². The maximum Gasteiger partial charge on any atom is 0.179 e. The second-order valence-corrected chi connectivity index (χ2v) is 5.79. The average molecular weight is 294 g/mol. The molecular formula is C16H14N4S. The summed E-state index contributed by atoms with van der Waals surface area (Å²) in [5.41, 5.74) is 1.13. The Morgan fingerprint density at radius 1 is 0.905 bits per heavy atom. The molecule has 3 heterocycles. The lowest BCUT2D eigenvalue weighted by atomic mass is 10.3. The molecule has 0 amide bonds. The van der Waals surface area contributed by atoms with Gasteiger partial charge >= 0.3 is 0 Å². The first kappa shape index (κ1) is 12.3. The van der Waals surface area contributed by atoms with Crippen LogP contribution in [0.4, 0.5) is 22.3 Å². The van der Waals surface area contributed by atoms with Crippen molar-refractivity contribution >= 4 is 33.7 Å². The van der Waals surface area contributed by atoms with E-state index in [1.165, 1.54) is 5.00 Å². The van der Waals surface area contributed by atoms with Gasteiger partial charge in [0.05, 0.1) is 5.00 Å². The van der Waals surface area contributed by atoms with Gasteiger partial charge in [-0.1, -0.05) is 18.2 Å². The number of hydrogen-bond donors (Lipinski definition) is 0. The number of rotatable bonds is 2. The summed E-state index contributed by atoms with van der Waals surface area (Å²) in [6.45, 7) is 2.18. The molecule has 0 N–H and O–H groups in total. The largest absolute Gasteiger partial charge is 0.302 e. The molecule has 5 heteroatoms. The molecule has 1 unspecified atom stereocenters. The number of aromatic nitrogens is 2. The molecule has 3 aromatic rings. The number of fused-ring (bicyclic) bond motifs is 1. The number of nitrogens with zero attached hydrogens (tertiary/aromatic N) is 4. The minimum atomic E-state index is 0.142. The minimum Gasteiger partial charge on any atom is -0.302 e. The van der Waals surface area contributed by atoms with Crippen LogP contribution in [0.15, 0.2) is 60.2 Å². The highest BCUT2D eigenvalue weighted by molar-refractivity contribution is 7.14.